The van der Waals surface area contributed by atoms with Crippen molar-refractivity contribution in [2.45, 2.75) is 26.9 Å². The number of hydrogen-bond donors (Lipinski definition) is 0. The molecule has 3 nitrogen and oxygen atoms in total. The van der Waals surface area contributed by atoms with Gasteiger partial charge in [-0.3, -0.25) is 0 Å². The van der Waals surface area contributed by atoms with Crippen LogP contribution in [0.3, 0.4) is 0 Å². The number of ether oxygens (including phenoxy) is 2. The molecule has 0 saturated carbocycles. The molecule has 0 aromatic heterocycles. The van der Waals surface area contributed by atoms with E-state index in [1.165, 1.54) is 0 Å². The first-order chi connectivity index (χ1) is 10.6. The van der Waals surface area contributed by atoms with Crippen molar-refractivity contribution >= 4 is 22.8 Å². The number of carbonyl (C=O) groups excluding carboxylic acids is 1. The zero-order chi connectivity index (χ0) is 15.9. The second-order valence-corrected chi connectivity index (χ2v) is 5.33. The van der Waals surface area contributed by atoms with Crippen molar-refractivity contribution in [3.63, 3.8) is 0 Å². The Balaban J connectivity index is 2.40. The molecule has 0 saturated heterocycles. The number of hydrogen-bond acceptors (Lipinski definition) is 3. The van der Waals surface area contributed by atoms with Crippen molar-refractivity contribution in [1.29, 1.82) is 0 Å². The third kappa shape index (κ3) is 4.18. The van der Waals surface area contributed by atoms with Gasteiger partial charge >= 0.3 is 5.97 Å². The van der Waals surface area contributed by atoms with Crippen molar-refractivity contribution < 1.29 is 14.3 Å². The normalized spacial score (nSPS) is 11.9. The average Bonchev–Trinajstić information content (AvgIpc) is 2.50. The largest absolute Gasteiger partial charge is 0.460 e. The molecule has 0 radical (unpaired) electrons. The van der Waals surface area contributed by atoms with Crippen LogP contribution in [0.25, 0.3) is 16.8 Å². The molecular weight excluding hydrogens is 276 g/mol. The summed E-state index contributed by atoms with van der Waals surface area (Å²) in [6, 6.07) is 14.1. The minimum absolute atomic E-state index is 0.148. The van der Waals surface area contributed by atoms with Gasteiger partial charge in [-0.2, -0.15) is 0 Å². The van der Waals surface area contributed by atoms with Crippen molar-refractivity contribution in [1.82, 2.24) is 0 Å². The van der Waals surface area contributed by atoms with E-state index < -0.39 is 0 Å². The molecule has 0 aliphatic carbocycles. The quantitative estimate of drug-likeness (QED) is 0.592. The van der Waals surface area contributed by atoms with E-state index in [1.807, 2.05) is 57.2 Å². The lowest BCUT2D eigenvalue weighted by Gasteiger charge is -2.12. The van der Waals surface area contributed by atoms with E-state index in [2.05, 4.69) is 12.1 Å². The fourth-order valence-corrected chi connectivity index (χ4v) is 2.23. The molecule has 0 unspecified atom stereocenters. The van der Waals surface area contributed by atoms with E-state index in [9.17, 15) is 4.79 Å². The highest BCUT2D eigenvalue weighted by molar-refractivity contribution is 5.98. The number of fused-ring (bicyclic) bond motifs is 1. The summed E-state index contributed by atoms with van der Waals surface area (Å²) in [5.41, 5.74) is 1.53. The summed E-state index contributed by atoms with van der Waals surface area (Å²) < 4.78 is 10.7. The van der Waals surface area contributed by atoms with Gasteiger partial charge < -0.3 is 9.47 Å². The van der Waals surface area contributed by atoms with E-state index >= 15 is 0 Å². The fraction of sp³-hybridized carbons (Fsp3) is 0.316. The van der Waals surface area contributed by atoms with Gasteiger partial charge in [-0.15, -0.1) is 0 Å². The lowest BCUT2D eigenvalue weighted by molar-refractivity contribution is -0.143. The Bertz CT molecular complexity index is 666. The second kappa shape index (κ2) is 7.76. The Morgan fingerprint density at radius 3 is 2.59 bits per heavy atom. The van der Waals surface area contributed by atoms with Crippen molar-refractivity contribution in [2.75, 3.05) is 13.2 Å². The van der Waals surface area contributed by atoms with Crippen molar-refractivity contribution in [3.8, 4) is 0 Å². The maximum absolute atomic E-state index is 12.2. The Morgan fingerprint density at radius 2 is 1.86 bits per heavy atom. The van der Waals surface area contributed by atoms with Crippen LogP contribution < -0.4 is 0 Å². The summed E-state index contributed by atoms with van der Waals surface area (Å²) in [7, 11) is 0. The van der Waals surface area contributed by atoms with Crippen LogP contribution in [0.4, 0.5) is 0 Å². The maximum Gasteiger partial charge on any atom is 0.336 e. The summed E-state index contributed by atoms with van der Waals surface area (Å²) in [6.45, 7) is 6.40. The van der Waals surface area contributed by atoms with E-state index in [0.29, 0.717) is 12.2 Å². The standard InChI is InChI=1S/C19H22O3/c1-4-21-13-17(19(20)22-14(2)3)12-16-10-7-9-15-8-5-6-11-18(15)16/h5-12,14H,4,13H2,1-3H3. The van der Waals surface area contributed by atoms with Gasteiger partial charge in [-0.05, 0) is 43.2 Å². The Hall–Kier alpha value is -2.13. The maximum atomic E-state index is 12.2. The molecule has 0 heterocycles. The molecular formula is C19H22O3. The summed E-state index contributed by atoms with van der Waals surface area (Å²) in [4.78, 5) is 12.2. The Labute approximate surface area is 131 Å². The Morgan fingerprint density at radius 1 is 1.14 bits per heavy atom. The topological polar surface area (TPSA) is 35.5 Å². The van der Waals surface area contributed by atoms with Crippen LogP contribution >= 0.6 is 0 Å². The molecule has 0 aliphatic rings. The third-order valence-corrected chi connectivity index (χ3v) is 3.22. The molecule has 0 aliphatic heterocycles. The molecule has 0 spiro atoms. The van der Waals surface area contributed by atoms with Gasteiger partial charge in [0.05, 0.1) is 18.3 Å². The summed E-state index contributed by atoms with van der Waals surface area (Å²) >= 11 is 0. The molecule has 0 amide bonds. The van der Waals surface area contributed by atoms with Gasteiger partial charge in [0.15, 0.2) is 0 Å². The van der Waals surface area contributed by atoms with Crippen LogP contribution in [-0.4, -0.2) is 25.3 Å². The molecule has 3 heteroatoms. The zero-order valence-electron chi connectivity index (χ0n) is 13.3. The first-order valence-electron chi connectivity index (χ1n) is 7.59. The Kier molecular flexibility index (Phi) is 5.73. The van der Waals surface area contributed by atoms with Gasteiger partial charge in [0, 0.05) is 6.61 Å². The highest BCUT2D eigenvalue weighted by Gasteiger charge is 2.13. The molecule has 22 heavy (non-hydrogen) atoms. The second-order valence-electron chi connectivity index (χ2n) is 5.33. The van der Waals surface area contributed by atoms with Gasteiger partial charge in [0.2, 0.25) is 0 Å². The summed E-state index contributed by atoms with van der Waals surface area (Å²) in [5, 5.41) is 2.25. The molecule has 0 bridgehead atoms. The van der Waals surface area contributed by atoms with E-state index in [4.69, 9.17) is 9.47 Å². The van der Waals surface area contributed by atoms with Crippen molar-refractivity contribution in [2.24, 2.45) is 0 Å². The van der Waals surface area contributed by atoms with E-state index in [1.54, 1.807) is 0 Å². The molecule has 2 aromatic rings. The first-order valence-corrected chi connectivity index (χ1v) is 7.59. The van der Waals surface area contributed by atoms with Gasteiger partial charge in [0.25, 0.3) is 0 Å². The van der Waals surface area contributed by atoms with Crippen LogP contribution in [0.2, 0.25) is 0 Å². The van der Waals surface area contributed by atoms with Crippen LogP contribution in [0.15, 0.2) is 48.0 Å². The SMILES string of the molecule is CCOCC(=Cc1cccc2ccccc12)C(=O)OC(C)C. The number of esters is 1. The lowest BCUT2D eigenvalue weighted by atomic mass is 10.0. The number of carbonyl (C=O) groups is 1. The molecule has 116 valence electrons. The first kappa shape index (κ1) is 16.2. The minimum Gasteiger partial charge on any atom is -0.460 e. The molecule has 0 atom stereocenters. The molecule has 2 aromatic carbocycles. The predicted molar refractivity (Wildman–Crippen MR) is 89.6 cm³/mol. The van der Waals surface area contributed by atoms with Crippen LogP contribution in [0.1, 0.15) is 26.3 Å². The summed E-state index contributed by atoms with van der Waals surface area (Å²) in [5.74, 6) is -0.323. The van der Waals surface area contributed by atoms with Crippen LogP contribution in [0.5, 0.6) is 0 Å². The highest BCUT2D eigenvalue weighted by atomic mass is 16.5. The predicted octanol–water partition coefficient (Wildman–Crippen LogP) is 4.21. The van der Waals surface area contributed by atoms with Gasteiger partial charge in [0.1, 0.15) is 0 Å². The summed E-state index contributed by atoms with van der Waals surface area (Å²) in [6.07, 6.45) is 1.72. The number of benzene rings is 2. The average molecular weight is 298 g/mol. The van der Waals surface area contributed by atoms with Gasteiger partial charge in [-0.1, -0.05) is 42.5 Å². The molecule has 0 fully saturated rings. The molecule has 0 N–H and O–H groups in total. The monoisotopic (exact) mass is 298 g/mol. The van der Waals surface area contributed by atoms with Crippen LogP contribution in [-0.2, 0) is 14.3 Å². The molecule has 2 rings (SSSR count). The van der Waals surface area contributed by atoms with Crippen molar-refractivity contribution in [3.05, 3.63) is 53.6 Å². The third-order valence-electron chi connectivity index (χ3n) is 3.22. The number of rotatable bonds is 6. The minimum atomic E-state index is -0.323. The van der Waals surface area contributed by atoms with E-state index in [-0.39, 0.29) is 18.7 Å². The lowest BCUT2D eigenvalue weighted by Crippen LogP contribution is -2.17. The van der Waals surface area contributed by atoms with E-state index in [0.717, 1.165) is 16.3 Å². The smallest absolute Gasteiger partial charge is 0.336 e. The van der Waals surface area contributed by atoms with Gasteiger partial charge in [-0.25, -0.2) is 4.79 Å². The zero-order valence-corrected chi connectivity index (χ0v) is 13.3. The van der Waals surface area contributed by atoms with Crippen LogP contribution in [0, 0.1) is 0 Å². The highest BCUT2D eigenvalue weighted by Crippen LogP contribution is 2.21. The fourth-order valence-electron chi connectivity index (χ4n) is 2.23.